The molecule has 2 rings (SSSR count). The van der Waals surface area contributed by atoms with Crippen molar-refractivity contribution in [2.24, 2.45) is 11.5 Å². The van der Waals surface area contributed by atoms with Crippen LogP contribution in [0.2, 0.25) is 0 Å². The number of carbonyl (C=O) groups excluding carboxylic acids is 14. The number of nitrogens with zero attached hydrogens (tertiary/aromatic N) is 1. The molecule has 1 saturated heterocycles. The molecule has 1 fully saturated rings. The fourth-order valence-electron chi connectivity index (χ4n) is 12.9. The summed E-state index contributed by atoms with van der Waals surface area (Å²) in [6.07, 6.45) is 18.8. The summed E-state index contributed by atoms with van der Waals surface area (Å²) in [5.74, 6) is -12.2. The number of phenols is 1. The Bertz CT molecular complexity index is 3160. The Hall–Kier alpha value is -8.15. The zero-order valence-electron chi connectivity index (χ0n) is 67.6. The van der Waals surface area contributed by atoms with Crippen LogP contribution in [-0.2, 0) is 78.3 Å². The number of ketones is 1. The van der Waals surface area contributed by atoms with E-state index >= 15 is 0 Å². The van der Waals surface area contributed by atoms with E-state index in [4.69, 9.17) is 11.5 Å². The van der Waals surface area contributed by atoms with Crippen LogP contribution in [0.1, 0.15) is 240 Å². The van der Waals surface area contributed by atoms with Crippen molar-refractivity contribution in [2.75, 3.05) is 43.7 Å². The predicted molar refractivity (Wildman–Crippen MR) is 432 cm³/mol. The molecule has 1 unspecified atom stereocenters. The lowest BCUT2D eigenvalue weighted by Gasteiger charge is -2.32. The minimum Gasteiger partial charge on any atom is -0.508 e. The number of aliphatic hydroxyl groups is 2. The van der Waals surface area contributed by atoms with Crippen LogP contribution in [0, 0.1) is 0 Å². The van der Waals surface area contributed by atoms with Gasteiger partial charge in [-0.25, -0.2) is 0 Å². The minimum absolute atomic E-state index is 0.00697. The van der Waals surface area contributed by atoms with Crippen molar-refractivity contribution in [2.45, 2.75) is 319 Å². The number of rotatable bonds is 63. The summed E-state index contributed by atoms with van der Waals surface area (Å²) in [4.78, 5) is 206. The number of Topliss-reactive ketones (excluding diaryl/α,β-unsaturated/α-hetero) is 1. The van der Waals surface area contributed by atoms with E-state index in [-0.39, 0.29) is 81.7 Å². The first kappa shape index (κ1) is 101. The maximum atomic E-state index is 14.7. The maximum absolute atomic E-state index is 14.7. The van der Waals surface area contributed by atoms with Crippen molar-refractivity contribution < 1.29 is 92.3 Å². The van der Waals surface area contributed by atoms with Gasteiger partial charge in [-0.05, 0) is 133 Å². The van der Waals surface area contributed by atoms with E-state index < -0.39 is 187 Å². The molecule has 13 atom stereocenters. The molecule has 0 radical (unpaired) electrons. The van der Waals surface area contributed by atoms with Crippen molar-refractivity contribution in [1.29, 1.82) is 0 Å². The number of carboxylic acid groups (broad SMARTS) is 1. The minimum atomic E-state index is -1.73. The molecule has 1 heterocycles. The molecular formula is C78H132N14O19S2. The fraction of sp³-hybridized carbons (Fsp3) is 0.731. The zero-order valence-corrected chi connectivity index (χ0v) is 69.2. The standard InChI is InChI=1S/C78H132N14O19S2/c1-9-12-15-16-17-18-19-20-21-22-23-24-26-32-65(98)82-57(39-42-112-7)69(102)81-47-66(99)83-60(45-52-33-35-53(96)36-34-52)74(107)86-56(37-38-64(80)97)72(105)85-54(29-25-13-10-2)70(103)84-55(30-27-28-41-79)71(104)89-61-44-49(4)92(78(61)111)63(31-14-11-3)76(109)90-62(48-93)75(108)87-58(40-43-113-8)73(106)91-68(51(6)95)77(110)88-59(50(5)94)46-67(100)101/h33-36,49,51,54-63,68,93,95-96H,9-32,37-48,79H2,1-8H3,(H2,80,97)(H,81,102)(H,82,98)(H,83,99)(H,84,103)(H,85,105)(H,86,107)(H,87,108)(H,88,110)(H,89,104)(H,90,109)(H,91,106)(H,100,101)/t49?,51-,54+,55+,56+,57+,58+,59+,60+,61+,62+,63-,68+/m1/s1. The predicted octanol–water partition coefficient (Wildman–Crippen LogP) is 2.48. The van der Waals surface area contributed by atoms with Crippen molar-refractivity contribution in [3.8, 4) is 5.75 Å². The monoisotopic (exact) mass is 1630 g/mol. The summed E-state index contributed by atoms with van der Waals surface area (Å²) < 4.78 is 0. The van der Waals surface area contributed by atoms with Crippen LogP contribution in [0.25, 0.3) is 0 Å². The van der Waals surface area contributed by atoms with Gasteiger partial charge >= 0.3 is 5.97 Å². The highest BCUT2D eigenvalue weighted by Gasteiger charge is 2.46. The van der Waals surface area contributed by atoms with Crippen LogP contribution in [0.4, 0.5) is 0 Å². The van der Waals surface area contributed by atoms with E-state index in [1.165, 1.54) is 104 Å². The quantitative estimate of drug-likeness (QED) is 0.0417. The second-order valence-corrected chi connectivity index (χ2v) is 31.2. The Morgan fingerprint density at radius 2 is 0.965 bits per heavy atom. The molecule has 1 aromatic carbocycles. The molecule has 0 spiro atoms. The SMILES string of the molecule is CCCCCCCCCCCCCCCC(=O)N[C@@H](CCSC)C(=O)NCC(=O)N[C@@H](Cc1ccc(O)cc1)C(=O)N[C@@H](CCC(N)=O)C(=O)N[C@@H](CCCCC)C(=O)N[C@@H](CCCCN)C(=O)N[C@H]1CC(C)N([C@H](CCCC)C(=O)N[C@@H](CO)C(=O)N[C@@H](CCSC)C(=O)N[C@H](C(=O)N[C@@H](CC(=O)O)C(C)=O)[C@@H](C)O)C1=O. The molecule has 13 amide bonds. The van der Waals surface area contributed by atoms with Crippen LogP contribution in [0.3, 0.4) is 0 Å². The summed E-state index contributed by atoms with van der Waals surface area (Å²) >= 11 is 2.76. The van der Waals surface area contributed by atoms with Gasteiger partial charge < -0.3 is 95.3 Å². The van der Waals surface area contributed by atoms with E-state index in [1.54, 1.807) is 13.2 Å². The van der Waals surface area contributed by atoms with E-state index in [0.29, 0.717) is 62.7 Å². The van der Waals surface area contributed by atoms with Gasteiger partial charge in [-0.3, -0.25) is 71.9 Å². The van der Waals surface area contributed by atoms with Gasteiger partial charge in [0.2, 0.25) is 76.8 Å². The van der Waals surface area contributed by atoms with Gasteiger partial charge in [-0.2, -0.15) is 23.5 Å². The Labute approximate surface area is 674 Å². The molecule has 1 aliphatic heterocycles. The summed E-state index contributed by atoms with van der Waals surface area (Å²) in [6, 6.07) is -10.7. The normalized spacial score (nSPS) is 16.2. The number of unbranched alkanes of at least 4 members (excludes halogenated alkanes) is 16. The molecule has 19 N–H and O–H groups in total. The highest BCUT2D eigenvalue weighted by molar-refractivity contribution is 7.98. The van der Waals surface area contributed by atoms with E-state index in [1.807, 2.05) is 20.1 Å². The van der Waals surface area contributed by atoms with Gasteiger partial charge in [-0.1, -0.05) is 142 Å². The summed E-state index contributed by atoms with van der Waals surface area (Å²) in [5, 5.41) is 68.8. The molecule has 0 aliphatic carbocycles. The molecular weight excluding hydrogens is 1500 g/mol. The molecule has 0 saturated carbocycles. The molecule has 113 heavy (non-hydrogen) atoms. The Balaban J connectivity index is 2.37. The number of thioether (sulfide) groups is 2. The zero-order chi connectivity index (χ0) is 84.4. The van der Waals surface area contributed by atoms with Crippen molar-refractivity contribution in [3.63, 3.8) is 0 Å². The van der Waals surface area contributed by atoms with Gasteiger partial charge in [0.25, 0.3) is 0 Å². The molecule has 640 valence electrons. The average Bonchev–Trinajstić information content (AvgIpc) is 1.65. The van der Waals surface area contributed by atoms with Crippen molar-refractivity contribution in [1.82, 2.24) is 63.4 Å². The Kier molecular flexibility index (Phi) is 51.6. The van der Waals surface area contributed by atoms with Gasteiger partial charge in [0.15, 0.2) is 5.78 Å². The number of aliphatic carboxylic acids is 1. The number of nitrogens with two attached hydrogens (primary N) is 2. The third-order valence-corrected chi connectivity index (χ3v) is 20.8. The topological polar surface area (TPSA) is 525 Å². The highest BCUT2D eigenvalue weighted by atomic mass is 32.2. The van der Waals surface area contributed by atoms with Crippen LogP contribution in [0.15, 0.2) is 24.3 Å². The highest BCUT2D eigenvalue weighted by Crippen LogP contribution is 2.26. The molecule has 1 aliphatic rings. The number of carboxylic acids is 1. The number of likely N-dealkylation sites (tertiary alicyclic amines) is 1. The number of carbonyl (C=O) groups is 15. The lowest BCUT2D eigenvalue weighted by molar-refractivity contribution is -0.142. The van der Waals surface area contributed by atoms with Gasteiger partial charge in [0.1, 0.15) is 66.2 Å². The summed E-state index contributed by atoms with van der Waals surface area (Å²) in [6.45, 7) is 8.38. The largest absolute Gasteiger partial charge is 0.508 e. The number of aromatic hydroxyl groups is 1. The molecule has 1 aromatic rings. The van der Waals surface area contributed by atoms with Gasteiger partial charge in [0, 0.05) is 25.3 Å². The molecule has 0 bridgehead atoms. The van der Waals surface area contributed by atoms with Crippen LogP contribution in [0.5, 0.6) is 5.75 Å². The van der Waals surface area contributed by atoms with Gasteiger partial charge in [0.05, 0.1) is 31.7 Å². The first-order chi connectivity index (χ1) is 53.9. The first-order valence-electron chi connectivity index (χ1n) is 40.3. The lowest BCUT2D eigenvalue weighted by atomic mass is 10.0. The first-order valence-corrected chi connectivity index (χ1v) is 43.1. The molecule has 35 heteroatoms. The number of aliphatic hydroxyl groups excluding tert-OH is 2. The third-order valence-electron chi connectivity index (χ3n) is 19.5. The summed E-state index contributed by atoms with van der Waals surface area (Å²) in [5.41, 5.74) is 11.9. The number of phenolic OH excluding ortho intramolecular Hbond substituents is 1. The van der Waals surface area contributed by atoms with Crippen molar-refractivity contribution in [3.05, 3.63) is 29.8 Å². The Morgan fingerprint density at radius 3 is 1.47 bits per heavy atom. The fourth-order valence-corrected chi connectivity index (χ4v) is 13.9. The van der Waals surface area contributed by atoms with E-state index in [2.05, 4.69) is 65.4 Å². The van der Waals surface area contributed by atoms with Crippen molar-refractivity contribution >= 4 is 112 Å². The number of hydrogen-bond donors (Lipinski definition) is 17. The van der Waals surface area contributed by atoms with Crippen LogP contribution >= 0.6 is 23.5 Å². The van der Waals surface area contributed by atoms with Crippen LogP contribution in [-0.4, -0.2) is 236 Å². The number of hydrogen-bond acceptors (Lipinski definition) is 21. The smallest absolute Gasteiger partial charge is 0.305 e. The second-order valence-electron chi connectivity index (χ2n) is 29.2. The molecule has 0 aromatic heterocycles. The molecule has 33 nitrogen and oxygen atoms in total. The summed E-state index contributed by atoms with van der Waals surface area (Å²) in [7, 11) is 0. The number of amides is 13. The maximum Gasteiger partial charge on any atom is 0.305 e. The Morgan fingerprint density at radius 1 is 0.513 bits per heavy atom. The number of benzene rings is 1. The third kappa shape index (κ3) is 40.6. The van der Waals surface area contributed by atoms with Crippen LogP contribution < -0.4 is 70.0 Å². The second kappa shape index (κ2) is 57.8. The van der Waals surface area contributed by atoms with E-state index in [0.717, 1.165) is 39.5 Å². The number of nitrogens with one attached hydrogen (secondary N) is 11. The lowest BCUT2D eigenvalue weighted by Crippen LogP contribution is -2.61. The average molecular weight is 1630 g/mol. The van der Waals surface area contributed by atoms with Gasteiger partial charge in [-0.15, -0.1) is 0 Å². The van der Waals surface area contributed by atoms with E-state index in [9.17, 15) is 92.3 Å². The number of primary amides is 1.